The van der Waals surface area contributed by atoms with Crippen LogP contribution in [0.3, 0.4) is 0 Å². The normalized spacial score (nSPS) is 12.8. The minimum atomic E-state index is -0.844. The molecule has 0 bridgehead atoms. The van der Waals surface area contributed by atoms with Crippen LogP contribution in [0.4, 0.5) is 0 Å². The van der Waals surface area contributed by atoms with Gasteiger partial charge in [-0.3, -0.25) is 9.59 Å². The number of carbonyl (C=O) groups excluding carboxylic acids is 2. The van der Waals surface area contributed by atoms with Crippen molar-refractivity contribution in [2.75, 3.05) is 13.2 Å². The van der Waals surface area contributed by atoms with Crippen LogP contribution in [0, 0.1) is 0 Å². The summed E-state index contributed by atoms with van der Waals surface area (Å²) in [7, 11) is 0. The molecule has 0 aliphatic rings. The Morgan fingerprint density at radius 1 is 0.375 bits per heavy atom. The smallest absolute Gasteiger partial charge is 0.305 e. The lowest BCUT2D eigenvalue weighted by Crippen LogP contribution is -2.45. The molecule has 0 aliphatic heterocycles. The first kappa shape index (κ1) is 70.1. The Morgan fingerprint density at radius 2 is 0.667 bits per heavy atom. The van der Waals surface area contributed by atoms with E-state index in [-0.39, 0.29) is 18.5 Å². The van der Waals surface area contributed by atoms with E-state index < -0.39 is 12.1 Å². The number of esters is 1. The minimum absolute atomic E-state index is 0.00431. The van der Waals surface area contributed by atoms with E-state index in [0.717, 1.165) is 44.9 Å². The Morgan fingerprint density at radius 3 is 1.03 bits per heavy atom. The maximum atomic E-state index is 12.5. The summed E-state index contributed by atoms with van der Waals surface area (Å²) in [6, 6.07) is -0.628. The van der Waals surface area contributed by atoms with Gasteiger partial charge in [0.1, 0.15) is 0 Å². The van der Waals surface area contributed by atoms with E-state index >= 15 is 0 Å². The molecule has 0 heterocycles. The number of rotatable bonds is 60. The lowest BCUT2D eigenvalue weighted by atomic mass is 10.0. The molecule has 0 aromatic carbocycles. The average molecular weight is 1010 g/mol. The van der Waals surface area contributed by atoms with Crippen molar-refractivity contribution in [2.45, 2.75) is 360 Å². The van der Waals surface area contributed by atoms with Gasteiger partial charge in [-0.05, 0) is 77.0 Å². The second kappa shape index (κ2) is 61.6. The van der Waals surface area contributed by atoms with Crippen LogP contribution in [0.25, 0.3) is 0 Å². The van der Waals surface area contributed by atoms with E-state index in [1.165, 1.54) is 276 Å². The third-order valence-electron chi connectivity index (χ3n) is 14.9. The molecule has 0 aromatic rings. The maximum Gasteiger partial charge on any atom is 0.305 e. The summed E-state index contributed by atoms with van der Waals surface area (Å²) < 4.78 is 5.46. The molecule has 424 valence electrons. The monoisotopic (exact) mass is 1010 g/mol. The highest BCUT2D eigenvalue weighted by molar-refractivity contribution is 5.76. The second-order valence-electron chi connectivity index (χ2n) is 22.1. The largest absolute Gasteiger partial charge is 0.466 e. The van der Waals surface area contributed by atoms with Gasteiger partial charge in [0.25, 0.3) is 0 Å². The van der Waals surface area contributed by atoms with E-state index in [4.69, 9.17) is 4.74 Å². The molecule has 0 aliphatic carbocycles. The van der Waals surface area contributed by atoms with Gasteiger partial charge in [-0.1, -0.05) is 294 Å². The van der Waals surface area contributed by atoms with Gasteiger partial charge in [0.2, 0.25) is 5.91 Å². The number of ether oxygens (including phenoxy) is 1. The molecule has 1 amide bonds. The lowest BCUT2D eigenvalue weighted by molar-refractivity contribution is -0.143. The van der Waals surface area contributed by atoms with Crippen LogP contribution < -0.4 is 5.32 Å². The Balaban J connectivity index is 3.41. The van der Waals surface area contributed by atoms with Crippen molar-refractivity contribution >= 4 is 11.9 Å². The van der Waals surface area contributed by atoms with Crippen molar-refractivity contribution in [3.63, 3.8) is 0 Å². The standard InChI is InChI=1S/C66H125NO5/c1-3-5-7-9-11-13-15-16-17-32-35-39-42-46-50-54-58-64(69)63(62-68)67-65(70)59-55-51-47-43-40-36-33-30-28-26-24-22-20-18-19-21-23-25-27-29-31-34-37-41-45-49-53-57-61-72-66(71)60-56-52-48-44-38-14-12-10-8-6-4-2/h10,12,18-19,54,58,63-64,68-69H,3-9,11,13-17,20-53,55-57,59-62H2,1-2H3,(H,67,70)/b12-10-,19-18-,58-54+. The van der Waals surface area contributed by atoms with Gasteiger partial charge in [0, 0.05) is 12.8 Å². The highest BCUT2D eigenvalue weighted by Gasteiger charge is 2.18. The SMILES string of the molecule is CCCC/C=C\CCCCCCCC(=O)OCCCCCCCCCCCCCC/C=C\CCCCCCCCCCCCCCC(=O)NC(CO)C(O)/C=C/CCCCCCCCCCCCCCCC. The van der Waals surface area contributed by atoms with Crippen molar-refractivity contribution in [1.82, 2.24) is 5.32 Å². The zero-order chi connectivity index (χ0) is 52.2. The quantitative estimate of drug-likeness (QED) is 0.0320. The van der Waals surface area contributed by atoms with Gasteiger partial charge < -0.3 is 20.3 Å². The van der Waals surface area contributed by atoms with Crippen molar-refractivity contribution < 1.29 is 24.5 Å². The zero-order valence-corrected chi connectivity index (χ0v) is 48.4. The van der Waals surface area contributed by atoms with Crippen LogP contribution in [0.1, 0.15) is 348 Å². The van der Waals surface area contributed by atoms with Crippen molar-refractivity contribution in [2.24, 2.45) is 0 Å². The summed E-state index contributed by atoms with van der Waals surface area (Å²) >= 11 is 0. The molecule has 3 N–H and O–H groups in total. The van der Waals surface area contributed by atoms with Gasteiger partial charge in [-0.25, -0.2) is 0 Å². The first-order chi connectivity index (χ1) is 35.5. The molecule has 0 rings (SSSR count). The van der Waals surface area contributed by atoms with Gasteiger partial charge in [-0.15, -0.1) is 0 Å². The first-order valence-electron chi connectivity index (χ1n) is 32.3. The zero-order valence-electron chi connectivity index (χ0n) is 48.4. The Bertz CT molecular complexity index is 1170. The van der Waals surface area contributed by atoms with Crippen LogP contribution in [0.2, 0.25) is 0 Å². The third kappa shape index (κ3) is 57.4. The van der Waals surface area contributed by atoms with Gasteiger partial charge in [-0.2, -0.15) is 0 Å². The fraction of sp³-hybridized carbons (Fsp3) is 0.879. The maximum absolute atomic E-state index is 12.5. The molecule has 2 atom stereocenters. The summed E-state index contributed by atoms with van der Waals surface area (Å²) in [5.41, 5.74) is 0. The van der Waals surface area contributed by atoms with Crippen LogP contribution in [0.5, 0.6) is 0 Å². The van der Waals surface area contributed by atoms with Crippen molar-refractivity contribution in [3.05, 3.63) is 36.5 Å². The minimum Gasteiger partial charge on any atom is -0.466 e. The Hall–Kier alpha value is -1.92. The number of allylic oxidation sites excluding steroid dienone is 5. The number of unbranched alkanes of at least 4 members (excludes halogenated alkanes) is 45. The van der Waals surface area contributed by atoms with E-state index in [0.29, 0.717) is 19.4 Å². The predicted octanol–water partition coefficient (Wildman–Crippen LogP) is 20.4. The number of aliphatic hydroxyl groups excluding tert-OH is 2. The van der Waals surface area contributed by atoms with E-state index in [1.54, 1.807) is 6.08 Å². The molecular weight excluding hydrogens is 887 g/mol. The average Bonchev–Trinajstić information content (AvgIpc) is 3.38. The summed E-state index contributed by atoms with van der Waals surface area (Å²) in [5.74, 6) is -0.0618. The number of hydrogen-bond acceptors (Lipinski definition) is 5. The highest BCUT2D eigenvalue weighted by Crippen LogP contribution is 2.17. The van der Waals surface area contributed by atoms with E-state index in [2.05, 4.69) is 43.5 Å². The number of hydrogen-bond donors (Lipinski definition) is 3. The molecule has 6 heteroatoms. The molecule has 0 saturated heterocycles. The summed E-state index contributed by atoms with van der Waals surface area (Å²) in [4.78, 5) is 24.5. The molecule has 0 radical (unpaired) electrons. The Labute approximate surface area is 449 Å². The molecular formula is C66H125NO5. The molecule has 0 aromatic heterocycles. The number of nitrogens with one attached hydrogen (secondary N) is 1. The van der Waals surface area contributed by atoms with E-state index in [1.807, 2.05) is 6.08 Å². The number of carbonyl (C=O) groups is 2. The van der Waals surface area contributed by atoms with Crippen LogP contribution in [-0.2, 0) is 14.3 Å². The number of aliphatic hydroxyl groups is 2. The van der Waals surface area contributed by atoms with Crippen LogP contribution in [-0.4, -0.2) is 47.4 Å². The summed E-state index contributed by atoms with van der Waals surface area (Å²) in [6.45, 7) is 4.88. The fourth-order valence-corrected chi connectivity index (χ4v) is 9.91. The van der Waals surface area contributed by atoms with Crippen LogP contribution >= 0.6 is 0 Å². The van der Waals surface area contributed by atoms with Gasteiger partial charge in [0.15, 0.2) is 0 Å². The topological polar surface area (TPSA) is 95.9 Å². The predicted molar refractivity (Wildman–Crippen MR) is 315 cm³/mol. The van der Waals surface area contributed by atoms with Crippen LogP contribution in [0.15, 0.2) is 36.5 Å². The lowest BCUT2D eigenvalue weighted by Gasteiger charge is -2.20. The third-order valence-corrected chi connectivity index (χ3v) is 14.9. The molecule has 0 spiro atoms. The number of amides is 1. The van der Waals surface area contributed by atoms with Crippen molar-refractivity contribution in [3.8, 4) is 0 Å². The fourth-order valence-electron chi connectivity index (χ4n) is 9.91. The summed E-state index contributed by atoms with van der Waals surface area (Å²) in [5, 5.41) is 23.2. The first-order valence-corrected chi connectivity index (χ1v) is 32.3. The molecule has 6 nitrogen and oxygen atoms in total. The molecule has 0 fully saturated rings. The van der Waals surface area contributed by atoms with Crippen molar-refractivity contribution in [1.29, 1.82) is 0 Å². The van der Waals surface area contributed by atoms with E-state index in [9.17, 15) is 19.8 Å². The van der Waals surface area contributed by atoms with Gasteiger partial charge in [0.05, 0.1) is 25.4 Å². The molecule has 0 saturated carbocycles. The highest BCUT2D eigenvalue weighted by atomic mass is 16.5. The second-order valence-corrected chi connectivity index (χ2v) is 22.1. The summed E-state index contributed by atoms with van der Waals surface area (Å²) in [6.07, 6.45) is 77.7. The van der Waals surface area contributed by atoms with Gasteiger partial charge >= 0.3 is 5.97 Å². The Kier molecular flexibility index (Phi) is 60.0. The molecule has 72 heavy (non-hydrogen) atoms. The molecule has 2 unspecified atom stereocenters.